The summed E-state index contributed by atoms with van der Waals surface area (Å²) in [6.07, 6.45) is 2.34. The van der Waals surface area contributed by atoms with Crippen molar-refractivity contribution in [3.8, 4) is 5.75 Å². The zero-order valence-corrected chi connectivity index (χ0v) is 15.7. The Balaban J connectivity index is 1.37. The van der Waals surface area contributed by atoms with Gasteiger partial charge in [0.15, 0.2) is 5.82 Å². The second kappa shape index (κ2) is 8.08. The number of carbonyl (C=O) groups excluding carboxylic acids is 1. The number of aromatic nitrogens is 3. The van der Waals surface area contributed by atoms with E-state index < -0.39 is 0 Å². The Hall–Kier alpha value is -2.41. The number of rotatable bonds is 5. The molecule has 2 aliphatic rings. The van der Waals surface area contributed by atoms with E-state index >= 15 is 0 Å². The average molecular weight is 370 g/mol. The van der Waals surface area contributed by atoms with Crippen molar-refractivity contribution in [2.24, 2.45) is 0 Å². The molecule has 3 heterocycles. The third kappa shape index (κ3) is 3.98. The predicted molar refractivity (Wildman–Crippen MR) is 99.5 cm³/mol. The van der Waals surface area contributed by atoms with Crippen molar-refractivity contribution in [2.45, 2.75) is 44.7 Å². The Kier molecular flexibility index (Phi) is 5.38. The maximum absolute atomic E-state index is 12.6. The van der Waals surface area contributed by atoms with E-state index in [0.29, 0.717) is 32.0 Å². The molecule has 0 aliphatic carbocycles. The molecule has 0 bridgehead atoms. The highest BCUT2D eigenvalue weighted by Gasteiger charge is 2.32. The van der Waals surface area contributed by atoms with Crippen molar-refractivity contribution in [3.05, 3.63) is 42.0 Å². The minimum atomic E-state index is 0.0969. The van der Waals surface area contributed by atoms with Crippen molar-refractivity contribution in [2.75, 3.05) is 26.4 Å². The SMILES string of the molecule is C[C@H]1CN(C(=O)CCOc2ccccc2)Cc2nnc(C3CCOCC3)n21. The van der Waals surface area contributed by atoms with Gasteiger partial charge in [0.2, 0.25) is 5.91 Å². The largest absolute Gasteiger partial charge is 0.493 e. The van der Waals surface area contributed by atoms with Crippen LogP contribution in [0.1, 0.15) is 49.8 Å². The van der Waals surface area contributed by atoms with Gasteiger partial charge in [0.25, 0.3) is 0 Å². The molecular weight excluding hydrogens is 344 g/mol. The van der Waals surface area contributed by atoms with Gasteiger partial charge in [-0.2, -0.15) is 0 Å². The summed E-state index contributed by atoms with van der Waals surface area (Å²) in [5.74, 6) is 3.23. The molecule has 144 valence electrons. The van der Waals surface area contributed by atoms with Crippen LogP contribution in [0.5, 0.6) is 5.75 Å². The highest BCUT2D eigenvalue weighted by atomic mass is 16.5. The summed E-state index contributed by atoms with van der Waals surface area (Å²) in [5, 5.41) is 8.85. The Morgan fingerprint density at radius 3 is 2.78 bits per heavy atom. The Morgan fingerprint density at radius 2 is 2.00 bits per heavy atom. The molecule has 7 nitrogen and oxygen atoms in total. The van der Waals surface area contributed by atoms with Crippen molar-refractivity contribution < 1.29 is 14.3 Å². The molecule has 2 aromatic rings. The fourth-order valence-electron chi connectivity index (χ4n) is 3.92. The molecule has 0 unspecified atom stereocenters. The third-order valence-corrected chi connectivity index (χ3v) is 5.32. The maximum Gasteiger partial charge on any atom is 0.226 e. The first kappa shape index (κ1) is 18.0. The summed E-state index contributed by atoms with van der Waals surface area (Å²) in [6.45, 7) is 5.29. The molecule has 27 heavy (non-hydrogen) atoms. The van der Waals surface area contributed by atoms with E-state index in [-0.39, 0.29) is 11.9 Å². The minimum absolute atomic E-state index is 0.0969. The summed E-state index contributed by atoms with van der Waals surface area (Å²) in [5.41, 5.74) is 0. The molecule has 0 radical (unpaired) electrons. The van der Waals surface area contributed by atoms with Gasteiger partial charge >= 0.3 is 0 Å². The fraction of sp³-hybridized carbons (Fsp3) is 0.550. The lowest BCUT2D eigenvalue weighted by Gasteiger charge is -2.34. The topological polar surface area (TPSA) is 69.5 Å². The Bertz CT molecular complexity index is 771. The zero-order valence-electron chi connectivity index (χ0n) is 15.7. The molecule has 1 saturated heterocycles. The van der Waals surface area contributed by atoms with Crippen LogP contribution in [0.15, 0.2) is 30.3 Å². The maximum atomic E-state index is 12.6. The molecule has 0 saturated carbocycles. The van der Waals surface area contributed by atoms with Gasteiger partial charge in [-0.15, -0.1) is 10.2 Å². The summed E-state index contributed by atoms with van der Waals surface area (Å²) in [7, 11) is 0. The van der Waals surface area contributed by atoms with E-state index in [1.165, 1.54) is 0 Å². The van der Waals surface area contributed by atoms with Crippen LogP contribution >= 0.6 is 0 Å². The number of benzene rings is 1. The number of hydrogen-bond donors (Lipinski definition) is 0. The lowest BCUT2D eigenvalue weighted by Crippen LogP contribution is -2.41. The highest BCUT2D eigenvalue weighted by molar-refractivity contribution is 5.76. The van der Waals surface area contributed by atoms with Crippen molar-refractivity contribution in [1.29, 1.82) is 0 Å². The van der Waals surface area contributed by atoms with Gasteiger partial charge in [-0.1, -0.05) is 18.2 Å². The molecule has 0 N–H and O–H groups in total. The first-order chi connectivity index (χ1) is 13.2. The molecule has 4 rings (SSSR count). The van der Waals surface area contributed by atoms with Gasteiger partial charge in [0.1, 0.15) is 11.6 Å². The van der Waals surface area contributed by atoms with E-state index in [1.54, 1.807) is 0 Å². The molecule has 0 spiro atoms. The quantitative estimate of drug-likeness (QED) is 0.809. The third-order valence-electron chi connectivity index (χ3n) is 5.32. The molecule has 1 atom stereocenters. The lowest BCUT2D eigenvalue weighted by molar-refractivity contribution is -0.133. The molecule has 7 heteroatoms. The number of fused-ring (bicyclic) bond motifs is 1. The normalized spacial score (nSPS) is 20.3. The molecule has 1 aromatic carbocycles. The summed E-state index contributed by atoms with van der Waals surface area (Å²) >= 11 is 0. The average Bonchev–Trinajstić information content (AvgIpc) is 3.14. The van der Waals surface area contributed by atoms with Gasteiger partial charge in [-0.05, 0) is 31.9 Å². The van der Waals surface area contributed by atoms with Crippen LogP contribution in [-0.4, -0.2) is 51.9 Å². The number of ether oxygens (including phenoxy) is 2. The number of nitrogens with zero attached hydrogens (tertiary/aromatic N) is 4. The van der Waals surface area contributed by atoms with E-state index in [9.17, 15) is 4.79 Å². The number of para-hydroxylation sites is 1. The standard InChI is InChI=1S/C20H26N4O3/c1-15-13-23(19(25)9-12-27-17-5-3-2-4-6-17)14-18-21-22-20(24(15)18)16-7-10-26-11-8-16/h2-6,15-16H,7-14H2,1H3/t15-/m0/s1. The number of hydrogen-bond acceptors (Lipinski definition) is 5. The molecule has 1 amide bonds. The molecular formula is C20H26N4O3. The van der Waals surface area contributed by atoms with Gasteiger partial charge in [0.05, 0.1) is 25.6 Å². The minimum Gasteiger partial charge on any atom is -0.493 e. The van der Waals surface area contributed by atoms with Gasteiger partial charge in [-0.3, -0.25) is 4.79 Å². The van der Waals surface area contributed by atoms with Crippen LogP contribution in [0.25, 0.3) is 0 Å². The van der Waals surface area contributed by atoms with E-state index in [2.05, 4.69) is 21.7 Å². The summed E-state index contributed by atoms with van der Waals surface area (Å²) in [6, 6.07) is 9.76. The zero-order chi connectivity index (χ0) is 18.6. The van der Waals surface area contributed by atoms with E-state index in [0.717, 1.165) is 43.5 Å². The highest BCUT2D eigenvalue weighted by Crippen LogP contribution is 2.30. The van der Waals surface area contributed by atoms with E-state index in [1.807, 2.05) is 35.2 Å². The van der Waals surface area contributed by atoms with Crippen LogP contribution in [0.3, 0.4) is 0 Å². The van der Waals surface area contributed by atoms with Crippen LogP contribution < -0.4 is 4.74 Å². The number of amides is 1. The smallest absolute Gasteiger partial charge is 0.226 e. The van der Waals surface area contributed by atoms with E-state index in [4.69, 9.17) is 9.47 Å². The van der Waals surface area contributed by atoms with Crippen LogP contribution in [0.2, 0.25) is 0 Å². The van der Waals surface area contributed by atoms with Crippen molar-refractivity contribution >= 4 is 5.91 Å². The van der Waals surface area contributed by atoms with Crippen LogP contribution in [0, 0.1) is 0 Å². The van der Waals surface area contributed by atoms with Gasteiger partial charge in [0, 0.05) is 25.7 Å². The fourth-order valence-corrected chi connectivity index (χ4v) is 3.92. The van der Waals surface area contributed by atoms with Crippen LogP contribution in [-0.2, 0) is 16.1 Å². The second-order valence-corrected chi connectivity index (χ2v) is 7.27. The molecule has 2 aliphatic heterocycles. The Morgan fingerprint density at radius 1 is 1.22 bits per heavy atom. The first-order valence-electron chi connectivity index (χ1n) is 9.69. The van der Waals surface area contributed by atoms with Gasteiger partial charge in [-0.25, -0.2) is 0 Å². The molecule has 1 aromatic heterocycles. The lowest BCUT2D eigenvalue weighted by atomic mass is 9.99. The monoisotopic (exact) mass is 370 g/mol. The second-order valence-electron chi connectivity index (χ2n) is 7.27. The van der Waals surface area contributed by atoms with Gasteiger partial charge < -0.3 is 18.9 Å². The van der Waals surface area contributed by atoms with Crippen LogP contribution in [0.4, 0.5) is 0 Å². The predicted octanol–water partition coefficient (Wildman–Crippen LogP) is 2.54. The molecule has 1 fully saturated rings. The summed E-state index contributed by atoms with van der Waals surface area (Å²) < 4.78 is 13.4. The summed E-state index contributed by atoms with van der Waals surface area (Å²) in [4.78, 5) is 14.5. The first-order valence-corrected chi connectivity index (χ1v) is 9.69. The number of carbonyl (C=O) groups is 1. The van der Waals surface area contributed by atoms with Crippen molar-refractivity contribution in [3.63, 3.8) is 0 Å². The van der Waals surface area contributed by atoms with Crippen molar-refractivity contribution in [1.82, 2.24) is 19.7 Å². The Labute approximate surface area is 159 Å².